The molecule has 4 heterocycles. The first-order valence-corrected chi connectivity index (χ1v) is 10.0. The summed E-state index contributed by atoms with van der Waals surface area (Å²) in [5.74, 6) is 0.169. The number of hydrogen-bond donors (Lipinski definition) is 1. The number of benzene rings is 1. The SMILES string of the molecule is COCc1cccc(Cn2cc(-c3cc(-c4ccc5cccnc5c4)nc(N)n3)nn2)n1. The molecule has 0 amide bonds. The van der Waals surface area contributed by atoms with Crippen molar-refractivity contribution in [2.45, 2.75) is 13.2 Å². The zero-order chi connectivity index (χ0) is 21.9. The fourth-order valence-corrected chi connectivity index (χ4v) is 3.48. The van der Waals surface area contributed by atoms with Crippen molar-refractivity contribution in [2.75, 3.05) is 12.8 Å². The van der Waals surface area contributed by atoms with E-state index >= 15 is 0 Å². The summed E-state index contributed by atoms with van der Waals surface area (Å²) in [6.07, 6.45) is 3.59. The molecule has 5 aromatic rings. The highest BCUT2D eigenvalue weighted by atomic mass is 16.5. The Kier molecular flexibility index (Phi) is 5.22. The Balaban J connectivity index is 1.43. The second-order valence-corrected chi connectivity index (χ2v) is 7.26. The van der Waals surface area contributed by atoms with Crippen LogP contribution in [0.1, 0.15) is 11.4 Å². The van der Waals surface area contributed by atoms with Gasteiger partial charge < -0.3 is 10.5 Å². The Morgan fingerprint density at radius 2 is 1.78 bits per heavy atom. The Morgan fingerprint density at radius 3 is 2.69 bits per heavy atom. The summed E-state index contributed by atoms with van der Waals surface area (Å²) in [6.45, 7) is 0.943. The van der Waals surface area contributed by atoms with Crippen molar-refractivity contribution in [3.05, 3.63) is 78.4 Å². The molecule has 9 heteroatoms. The largest absolute Gasteiger partial charge is 0.378 e. The number of nitrogens with two attached hydrogens (primary N) is 1. The van der Waals surface area contributed by atoms with Gasteiger partial charge in [0.05, 0.1) is 47.6 Å². The van der Waals surface area contributed by atoms with E-state index in [1.807, 2.05) is 60.8 Å². The first kappa shape index (κ1) is 19.7. The zero-order valence-corrected chi connectivity index (χ0v) is 17.4. The van der Waals surface area contributed by atoms with E-state index < -0.39 is 0 Å². The summed E-state index contributed by atoms with van der Waals surface area (Å²) >= 11 is 0. The Labute approximate surface area is 184 Å². The lowest BCUT2D eigenvalue weighted by atomic mass is 10.1. The number of anilines is 1. The molecular formula is C23H20N8O. The number of ether oxygens (including phenoxy) is 1. The van der Waals surface area contributed by atoms with E-state index in [-0.39, 0.29) is 5.95 Å². The first-order chi connectivity index (χ1) is 15.7. The molecule has 158 valence electrons. The van der Waals surface area contributed by atoms with E-state index in [4.69, 9.17) is 10.5 Å². The topological polar surface area (TPSA) is 118 Å². The average molecular weight is 424 g/mol. The van der Waals surface area contributed by atoms with E-state index in [9.17, 15) is 0 Å². The highest BCUT2D eigenvalue weighted by molar-refractivity contribution is 5.84. The maximum atomic E-state index is 6.01. The minimum Gasteiger partial charge on any atom is -0.378 e. The molecule has 0 saturated heterocycles. The van der Waals surface area contributed by atoms with Gasteiger partial charge in [0.25, 0.3) is 0 Å². The smallest absolute Gasteiger partial charge is 0.221 e. The van der Waals surface area contributed by atoms with Crippen LogP contribution >= 0.6 is 0 Å². The summed E-state index contributed by atoms with van der Waals surface area (Å²) in [6, 6.07) is 17.6. The van der Waals surface area contributed by atoms with Crippen molar-refractivity contribution in [3.63, 3.8) is 0 Å². The van der Waals surface area contributed by atoms with Crippen molar-refractivity contribution in [3.8, 4) is 22.6 Å². The molecule has 0 spiro atoms. The molecule has 0 aliphatic carbocycles. The van der Waals surface area contributed by atoms with Crippen molar-refractivity contribution in [1.82, 2.24) is 34.9 Å². The Morgan fingerprint density at radius 1 is 0.906 bits per heavy atom. The maximum absolute atomic E-state index is 6.01. The average Bonchev–Trinajstić information content (AvgIpc) is 3.27. The van der Waals surface area contributed by atoms with Crippen LogP contribution in [0.25, 0.3) is 33.5 Å². The third kappa shape index (κ3) is 4.14. The van der Waals surface area contributed by atoms with Crippen LogP contribution < -0.4 is 5.73 Å². The first-order valence-electron chi connectivity index (χ1n) is 10.0. The third-order valence-electron chi connectivity index (χ3n) is 4.93. The van der Waals surface area contributed by atoms with Crippen LogP contribution in [-0.2, 0) is 17.9 Å². The molecular weight excluding hydrogens is 404 g/mol. The summed E-state index contributed by atoms with van der Waals surface area (Å²) in [5, 5.41) is 9.55. The number of rotatable bonds is 6. The van der Waals surface area contributed by atoms with Gasteiger partial charge in [0.1, 0.15) is 5.69 Å². The lowest BCUT2D eigenvalue weighted by Crippen LogP contribution is -2.04. The number of fused-ring (bicyclic) bond motifs is 1. The molecule has 0 fully saturated rings. The summed E-state index contributed by atoms with van der Waals surface area (Å²) in [4.78, 5) is 17.7. The molecule has 0 atom stereocenters. The monoisotopic (exact) mass is 424 g/mol. The van der Waals surface area contributed by atoms with Crippen molar-refractivity contribution >= 4 is 16.9 Å². The molecule has 0 radical (unpaired) electrons. The number of nitrogens with zero attached hydrogens (tertiary/aromatic N) is 7. The van der Waals surface area contributed by atoms with Gasteiger partial charge in [-0.3, -0.25) is 9.97 Å². The highest BCUT2D eigenvalue weighted by Gasteiger charge is 2.12. The van der Waals surface area contributed by atoms with Gasteiger partial charge >= 0.3 is 0 Å². The molecule has 9 nitrogen and oxygen atoms in total. The normalized spacial score (nSPS) is 11.2. The lowest BCUT2D eigenvalue weighted by Gasteiger charge is -2.06. The molecule has 4 aromatic heterocycles. The summed E-state index contributed by atoms with van der Waals surface area (Å²) in [7, 11) is 1.65. The van der Waals surface area contributed by atoms with Gasteiger partial charge in [-0.1, -0.05) is 29.5 Å². The molecule has 0 aliphatic rings. The molecule has 0 unspecified atom stereocenters. The second kappa shape index (κ2) is 8.48. The van der Waals surface area contributed by atoms with Crippen molar-refractivity contribution in [1.29, 1.82) is 0 Å². The number of pyridine rings is 2. The second-order valence-electron chi connectivity index (χ2n) is 7.26. The minimum atomic E-state index is 0.169. The predicted octanol–water partition coefficient (Wildman–Crippen LogP) is 3.12. The van der Waals surface area contributed by atoms with Gasteiger partial charge in [-0.25, -0.2) is 14.6 Å². The molecule has 0 aliphatic heterocycles. The molecule has 32 heavy (non-hydrogen) atoms. The van der Waals surface area contributed by atoms with E-state index in [1.54, 1.807) is 18.0 Å². The summed E-state index contributed by atoms with van der Waals surface area (Å²) < 4.78 is 6.86. The summed E-state index contributed by atoms with van der Waals surface area (Å²) in [5.41, 5.74) is 11.4. The van der Waals surface area contributed by atoms with Crippen molar-refractivity contribution < 1.29 is 4.74 Å². The van der Waals surface area contributed by atoms with E-state index in [0.717, 1.165) is 27.9 Å². The standard InChI is InChI=1S/C23H20N8O/c1-32-14-18-6-2-5-17(26-18)12-31-13-22(29-30-31)21-11-20(27-23(24)28-21)16-8-7-15-4-3-9-25-19(15)10-16/h2-11,13H,12,14H2,1H3,(H2,24,27,28). The van der Waals surface area contributed by atoms with Crippen LogP contribution in [0.15, 0.2) is 67.0 Å². The number of aromatic nitrogens is 7. The van der Waals surface area contributed by atoms with Gasteiger partial charge in [-0.05, 0) is 30.3 Å². The van der Waals surface area contributed by atoms with Gasteiger partial charge in [-0.15, -0.1) is 5.10 Å². The van der Waals surface area contributed by atoms with Gasteiger partial charge in [-0.2, -0.15) is 0 Å². The Hall–Kier alpha value is -4.24. The van der Waals surface area contributed by atoms with Crippen LogP contribution in [-0.4, -0.2) is 42.0 Å². The maximum Gasteiger partial charge on any atom is 0.221 e. The third-order valence-corrected chi connectivity index (χ3v) is 4.93. The number of nitrogen functional groups attached to an aromatic ring is 1. The lowest BCUT2D eigenvalue weighted by molar-refractivity contribution is 0.181. The van der Waals surface area contributed by atoms with E-state index in [2.05, 4.69) is 30.2 Å². The van der Waals surface area contributed by atoms with Crippen LogP contribution in [0.3, 0.4) is 0 Å². The van der Waals surface area contributed by atoms with E-state index in [0.29, 0.717) is 30.2 Å². The molecule has 0 saturated carbocycles. The highest BCUT2D eigenvalue weighted by Crippen LogP contribution is 2.25. The fourth-order valence-electron chi connectivity index (χ4n) is 3.48. The van der Waals surface area contributed by atoms with Gasteiger partial charge in [0.15, 0.2) is 0 Å². The molecule has 0 bridgehead atoms. The zero-order valence-electron chi connectivity index (χ0n) is 17.4. The molecule has 1 aromatic carbocycles. The van der Waals surface area contributed by atoms with E-state index in [1.165, 1.54) is 0 Å². The predicted molar refractivity (Wildman–Crippen MR) is 120 cm³/mol. The van der Waals surface area contributed by atoms with Crippen LogP contribution in [0.5, 0.6) is 0 Å². The van der Waals surface area contributed by atoms with Crippen LogP contribution in [0, 0.1) is 0 Å². The molecule has 2 N–H and O–H groups in total. The van der Waals surface area contributed by atoms with Crippen molar-refractivity contribution in [2.24, 2.45) is 0 Å². The number of hydrogen-bond acceptors (Lipinski definition) is 8. The van der Waals surface area contributed by atoms with Crippen LogP contribution in [0.4, 0.5) is 5.95 Å². The van der Waals surface area contributed by atoms with Gasteiger partial charge in [0.2, 0.25) is 5.95 Å². The molecule has 5 rings (SSSR count). The fraction of sp³-hybridized carbons (Fsp3) is 0.130. The van der Waals surface area contributed by atoms with Gasteiger partial charge in [0, 0.05) is 24.3 Å². The number of methoxy groups -OCH3 is 1. The quantitative estimate of drug-likeness (QED) is 0.442. The van der Waals surface area contributed by atoms with Crippen LogP contribution in [0.2, 0.25) is 0 Å². The minimum absolute atomic E-state index is 0.169. The Bertz CT molecular complexity index is 1400.